The van der Waals surface area contributed by atoms with Gasteiger partial charge in [-0.15, -0.1) is 0 Å². The lowest BCUT2D eigenvalue weighted by molar-refractivity contribution is -0.329. The number of aliphatic hydroxyl groups is 2. The van der Waals surface area contributed by atoms with Gasteiger partial charge in [0.05, 0.1) is 19.8 Å². The summed E-state index contributed by atoms with van der Waals surface area (Å²) in [6, 6.07) is 9.60. The van der Waals surface area contributed by atoms with Gasteiger partial charge in [0, 0.05) is 0 Å². The minimum atomic E-state index is -1.79. The Morgan fingerprint density at radius 1 is 1.23 bits per heavy atom. The van der Waals surface area contributed by atoms with Gasteiger partial charge in [-0.25, -0.2) is 0 Å². The fourth-order valence-corrected chi connectivity index (χ4v) is 2.93. The van der Waals surface area contributed by atoms with Gasteiger partial charge in [0.1, 0.15) is 18.3 Å². The Morgan fingerprint density at radius 3 is 2.64 bits per heavy atom. The maximum absolute atomic E-state index is 10.5. The molecule has 22 heavy (non-hydrogen) atoms. The van der Waals surface area contributed by atoms with Gasteiger partial charge in [0.2, 0.25) is 5.79 Å². The Bertz CT molecular complexity index is 505. The number of rotatable bonds is 4. The predicted octanol–water partition coefficient (Wildman–Crippen LogP) is 0.803. The fraction of sp³-hybridized carbons (Fsp3) is 0.625. The van der Waals surface area contributed by atoms with Crippen LogP contribution in [0.3, 0.4) is 0 Å². The van der Waals surface area contributed by atoms with E-state index in [9.17, 15) is 10.2 Å². The van der Waals surface area contributed by atoms with Crippen LogP contribution in [0.1, 0.15) is 19.4 Å². The topological polar surface area (TPSA) is 77.4 Å². The van der Waals surface area contributed by atoms with Crippen LogP contribution in [0.5, 0.6) is 0 Å². The highest BCUT2D eigenvalue weighted by Crippen LogP contribution is 2.39. The van der Waals surface area contributed by atoms with Gasteiger partial charge >= 0.3 is 0 Å². The second kappa shape index (κ2) is 5.88. The molecule has 6 heteroatoms. The molecule has 0 radical (unpaired) electrons. The highest BCUT2D eigenvalue weighted by Gasteiger charge is 2.57. The van der Waals surface area contributed by atoms with Gasteiger partial charge in [0.15, 0.2) is 5.79 Å². The lowest BCUT2D eigenvalue weighted by Crippen LogP contribution is -2.62. The summed E-state index contributed by atoms with van der Waals surface area (Å²) < 4.78 is 22.8. The summed E-state index contributed by atoms with van der Waals surface area (Å²) in [5.41, 5.74) is 0.961. The SMILES string of the molecule is CC1(C)O[C@H]2[C@@H](OCc3ccccc3)[C@@](O)(CO)OC[C@H]2O1. The third kappa shape index (κ3) is 3.03. The van der Waals surface area contributed by atoms with Crippen molar-refractivity contribution >= 4 is 0 Å². The number of benzene rings is 1. The zero-order chi connectivity index (χ0) is 15.8. The molecule has 122 valence electrons. The van der Waals surface area contributed by atoms with Gasteiger partial charge in [-0.05, 0) is 19.4 Å². The number of hydrogen-bond donors (Lipinski definition) is 2. The average Bonchev–Trinajstić information content (AvgIpc) is 2.81. The Morgan fingerprint density at radius 2 is 1.95 bits per heavy atom. The van der Waals surface area contributed by atoms with Crippen molar-refractivity contribution in [2.45, 2.75) is 50.3 Å². The van der Waals surface area contributed by atoms with Gasteiger partial charge in [-0.1, -0.05) is 30.3 Å². The van der Waals surface area contributed by atoms with Crippen LogP contribution >= 0.6 is 0 Å². The minimum Gasteiger partial charge on any atom is -0.391 e. The first kappa shape index (κ1) is 15.9. The molecular weight excluding hydrogens is 288 g/mol. The van der Waals surface area contributed by atoms with E-state index < -0.39 is 30.4 Å². The van der Waals surface area contributed by atoms with Gasteiger partial charge in [0.25, 0.3) is 0 Å². The summed E-state index contributed by atoms with van der Waals surface area (Å²) in [7, 11) is 0. The smallest absolute Gasteiger partial charge is 0.219 e. The van der Waals surface area contributed by atoms with Crippen molar-refractivity contribution < 1.29 is 29.2 Å². The van der Waals surface area contributed by atoms with Crippen LogP contribution in [0.2, 0.25) is 0 Å². The molecule has 2 heterocycles. The molecule has 0 spiro atoms. The Hall–Kier alpha value is -1.02. The summed E-state index contributed by atoms with van der Waals surface area (Å²) in [5, 5.41) is 20.0. The fourth-order valence-electron chi connectivity index (χ4n) is 2.93. The molecule has 0 unspecified atom stereocenters. The van der Waals surface area contributed by atoms with Crippen LogP contribution in [0.25, 0.3) is 0 Å². The van der Waals surface area contributed by atoms with Crippen molar-refractivity contribution in [1.29, 1.82) is 0 Å². The first-order valence-electron chi connectivity index (χ1n) is 7.42. The molecule has 0 saturated carbocycles. The second-order valence-electron chi connectivity index (χ2n) is 6.17. The highest BCUT2D eigenvalue weighted by molar-refractivity contribution is 5.13. The Balaban J connectivity index is 1.77. The van der Waals surface area contributed by atoms with Gasteiger partial charge in [-0.2, -0.15) is 0 Å². The molecule has 2 N–H and O–H groups in total. The first-order valence-corrected chi connectivity index (χ1v) is 7.42. The second-order valence-corrected chi connectivity index (χ2v) is 6.17. The summed E-state index contributed by atoms with van der Waals surface area (Å²) in [5.74, 6) is -2.56. The summed E-state index contributed by atoms with van der Waals surface area (Å²) in [6.07, 6.45) is -1.66. The zero-order valence-electron chi connectivity index (χ0n) is 12.8. The Kier molecular flexibility index (Phi) is 4.24. The monoisotopic (exact) mass is 310 g/mol. The molecule has 2 saturated heterocycles. The van der Waals surface area contributed by atoms with Crippen molar-refractivity contribution in [1.82, 2.24) is 0 Å². The van der Waals surface area contributed by atoms with Crippen molar-refractivity contribution in [3.05, 3.63) is 35.9 Å². The zero-order valence-corrected chi connectivity index (χ0v) is 12.8. The number of fused-ring (bicyclic) bond motifs is 1. The van der Waals surface area contributed by atoms with Gasteiger partial charge in [-0.3, -0.25) is 0 Å². The predicted molar refractivity (Wildman–Crippen MR) is 76.8 cm³/mol. The van der Waals surface area contributed by atoms with Gasteiger partial charge < -0.3 is 29.2 Å². The largest absolute Gasteiger partial charge is 0.391 e. The van der Waals surface area contributed by atoms with E-state index in [1.165, 1.54) is 0 Å². The standard InChI is InChI=1S/C16H22O6/c1-15(2)21-12-9-20-16(18,10-17)14(13(12)22-15)19-8-11-6-4-3-5-7-11/h3-7,12-14,17-18H,8-10H2,1-2H3/t12-,13-,14-,16-/m1/s1. The van der Waals surface area contributed by atoms with Crippen molar-refractivity contribution in [3.8, 4) is 0 Å². The number of hydrogen-bond acceptors (Lipinski definition) is 6. The summed E-state index contributed by atoms with van der Waals surface area (Å²) in [4.78, 5) is 0. The molecule has 4 atom stereocenters. The van der Waals surface area contributed by atoms with E-state index in [-0.39, 0.29) is 19.3 Å². The molecule has 6 nitrogen and oxygen atoms in total. The lowest BCUT2D eigenvalue weighted by Gasteiger charge is -2.42. The van der Waals surface area contributed by atoms with Crippen LogP contribution in [0.15, 0.2) is 30.3 Å². The molecular formula is C16H22O6. The normalized spacial score (nSPS) is 37.0. The van der Waals surface area contributed by atoms with Crippen LogP contribution in [-0.2, 0) is 25.6 Å². The molecule has 1 aromatic carbocycles. The van der Waals surface area contributed by atoms with E-state index in [1.54, 1.807) is 13.8 Å². The molecule has 2 fully saturated rings. The molecule has 0 aliphatic carbocycles. The van der Waals surface area contributed by atoms with Crippen molar-refractivity contribution in [2.75, 3.05) is 13.2 Å². The maximum Gasteiger partial charge on any atom is 0.219 e. The van der Waals surface area contributed by atoms with Crippen LogP contribution in [0, 0.1) is 0 Å². The van der Waals surface area contributed by atoms with E-state index in [0.29, 0.717) is 0 Å². The van der Waals surface area contributed by atoms with E-state index in [0.717, 1.165) is 5.56 Å². The molecule has 1 aromatic rings. The number of ether oxygens (including phenoxy) is 4. The van der Waals surface area contributed by atoms with Crippen LogP contribution in [-0.4, -0.2) is 53.3 Å². The molecule has 0 aromatic heterocycles. The quantitative estimate of drug-likeness (QED) is 0.857. The summed E-state index contributed by atoms with van der Waals surface area (Å²) >= 11 is 0. The van der Waals surface area contributed by atoms with Crippen molar-refractivity contribution in [3.63, 3.8) is 0 Å². The lowest BCUT2D eigenvalue weighted by atomic mass is 9.97. The van der Waals surface area contributed by atoms with Crippen molar-refractivity contribution in [2.24, 2.45) is 0 Å². The molecule has 3 rings (SSSR count). The molecule has 0 amide bonds. The van der Waals surface area contributed by atoms with Crippen LogP contribution in [0.4, 0.5) is 0 Å². The highest BCUT2D eigenvalue weighted by atomic mass is 16.8. The number of aliphatic hydroxyl groups excluding tert-OH is 1. The summed E-state index contributed by atoms with van der Waals surface area (Å²) in [6.45, 7) is 3.47. The van der Waals surface area contributed by atoms with E-state index in [1.807, 2.05) is 30.3 Å². The maximum atomic E-state index is 10.5. The minimum absolute atomic E-state index is 0.149. The van der Waals surface area contributed by atoms with E-state index in [4.69, 9.17) is 18.9 Å². The third-order valence-corrected chi connectivity index (χ3v) is 3.96. The third-order valence-electron chi connectivity index (χ3n) is 3.96. The first-order chi connectivity index (χ1) is 10.4. The average molecular weight is 310 g/mol. The van der Waals surface area contributed by atoms with E-state index >= 15 is 0 Å². The molecule has 0 bridgehead atoms. The molecule has 2 aliphatic heterocycles. The Labute approximate surface area is 129 Å². The van der Waals surface area contributed by atoms with E-state index in [2.05, 4.69) is 0 Å². The molecule has 2 aliphatic rings. The van der Waals surface area contributed by atoms with Crippen LogP contribution < -0.4 is 0 Å².